The molecule has 0 amide bonds. The quantitative estimate of drug-likeness (QED) is 0.838. The van der Waals surface area contributed by atoms with Crippen LogP contribution in [0.1, 0.15) is 25.7 Å². The van der Waals surface area contributed by atoms with Gasteiger partial charge in [0.15, 0.2) is 0 Å². The molecule has 5 nitrogen and oxygen atoms in total. The summed E-state index contributed by atoms with van der Waals surface area (Å²) >= 11 is 6.19. The third kappa shape index (κ3) is 2.99. The van der Waals surface area contributed by atoms with Crippen molar-refractivity contribution in [1.29, 1.82) is 0 Å². The Labute approximate surface area is 123 Å². The standard InChI is InChI=1S/C14H20ClN3O2/c1-20-7-6-18-14(19)12(15)11(8-16-18)17-13(9-2-3-9)10-4-5-10/h8-10,13,17H,2-7H2,1H3. The van der Waals surface area contributed by atoms with E-state index in [0.717, 1.165) is 11.8 Å². The normalized spacial score (nSPS) is 18.6. The maximum atomic E-state index is 12.1. The van der Waals surface area contributed by atoms with Crippen LogP contribution in [0.15, 0.2) is 11.0 Å². The van der Waals surface area contributed by atoms with Gasteiger partial charge in [0.2, 0.25) is 0 Å². The van der Waals surface area contributed by atoms with Crippen LogP contribution in [0.2, 0.25) is 5.02 Å². The van der Waals surface area contributed by atoms with E-state index in [9.17, 15) is 4.79 Å². The maximum Gasteiger partial charge on any atom is 0.287 e. The summed E-state index contributed by atoms with van der Waals surface area (Å²) in [5, 5.41) is 7.86. The lowest BCUT2D eigenvalue weighted by Crippen LogP contribution is -2.29. The Hall–Kier alpha value is -1.07. The SMILES string of the molecule is COCCn1ncc(NC(C2CC2)C2CC2)c(Cl)c1=O. The average molecular weight is 298 g/mol. The van der Waals surface area contributed by atoms with Gasteiger partial charge in [0.1, 0.15) is 5.02 Å². The molecule has 0 spiro atoms. The van der Waals surface area contributed by atoms with E-state index in [0.29, 0.717) is 24.9 Å². The number of aromatic nitrogens is 2. The first-order valence-corrected chi connectivity index (χ1v) is 7.59. The number of hydrogen-bond acceptors (Lipinski definition) is 4. The number of halogens is 1. The summed E-state index contributed by atoms with van der Waals surface area (Å²) in [6.45, 7) is 0.868. The molecule has 2 aliphatic rings. The van der Waals surface area contributed by atoms with Crippen molar-refractivity contribution in [2.24, 2.45) is 11.8 Å². The first-order chi connectivity index (χ1) is 9.70. The largest absolute Gasteiger partial charge is 0.383 e. The molecular weight excluding hydrogens is 278 g/mol. The molecule has 0 saturated heterocycles. The van der Waals surface area contributed by atoms with Crippen LogP contribution in [0.4, 0.5) is 5.69 Å². The van der Waals surface area contributed by atoms with E-state index in [-0.39, 0.29) is 10.6 Å². The van der Waals surface area contributed by atoms with E-state index < -0.39 is 0 Å². The third-order valence-electron chi connectivity index (χ3n) is 4.07. The lowest BCUT2D eigenvalue weighted by molar-refractivity contribution is 0.182. The number of methoxy groups -OCH3 is 1. The summed E-state index contributed by atoms with van der Waals surface area (Å²) in [4.78, 5) is 12.1. The summed E-state index contributed by atoms with van der Waals surface area (Å²) in [7, 11) is 1.60. The molecule has 3 rings (SSSR count). The van der Waals surface area contributed by atoms with Gasteiger partial charge in [-0.3, -0.25) is 4.79 Å². The fourth-order valence-electron chi connectivity index (χ4n) is 2.61. The zero-order chi connectivity index (χ0) is 14.1. The van der Waals surface area contributed by atoms with Gasteiger partial charge < -0.3 is 10.1 Å². The second kappa shape index (κ2) is 5.74. The molecule has 2 saturated carbocycles. The first-order valence-electron chi connectivity index (χ1n) is 7.22. The Morgan fingerprint density at radius 1 is 1.45 bits per heavy atom. The molecule has 1 aromatic heterocycles. The minimum atomic E-state index is -0.251. The molecule has 20 heavy (non-hydrogen) atoms. The fraction of sp³-hybridized carbons (Fsp3) is 0.714. The molecule has 1 N–H and O–H groups in total. The predicted octanol–water partition coefficient (Wildman–Crippen LogP) is 2.14. The van der Waals surface area contributed by atoms with Crippen LogP contribution in [0.5, 0.6) is 0 Å². The molecule has 1 heterocycles. The topological polar surface area (TPSA) is 56.1 Å². The van der Waals surface area contributed by atoms with Gasteiger partial charge in [-0.05, 0) is 37.5 Å². The van der Waals surface area contributed by atoms with Crippen molar-refractivity contribution in [2.45, 2.75) is 38.3 Å². The number of nitrogens with one attached hydrogen (secondary N) is 1. The summed E-state index contributed by atoms with van der Waals surface area (Å²) in [5.41, 5.74) is 0.424. The van der Waals surface area contributed by atoms with Gasteiger partial charge in [-0.2, -0.15) is 5.10 Å². The molecule has 1 aromatic rings. The Kier molecular flexibility index (Phi) is 3.98. The monoisotopic (exact) mass is 297 g/mol. The maximum absolute atomic E-state index is 12.1. The van der Waals surface area contributed by atoms with Gasteiger partial charge in [0.25, 0.3) is 5.56 Å². The zero-order valence-electron chi connectivity index (χ0n) is 11.6. The lowest BCUT2D eigenvalue weighted by Gasteiger charge is -2.19. The number of anilines is 1. The van der Waals surface area contributed by atoms with Crippen LogP contribution in [0.3, 0.4) is 0 Å². The Morgan fingerprint density at radius 3 is 2.65 bits per heavy atom. The molecule has 110 valence electrons. The Balaban J connectivity index is 1.75. The molecule has 0 bridgehead atoms. The van der Waals surface area contributed by atoms with E-state index in [4.69, 9.17) is 16.3 Å². The van der Waals surface area contributed by atoms with Crippen LogP contribution in [-0.2, 0) is 11.3 Å². The van der Waals surface area contributed by atoms with Gasteiger partial charge >= 0.3 is 0 Å². The number of ether oxygens (including phenoxy) is 1. The Morgan fingerprint density at radius 2 is 2.10 bits per heavy atom. The van der Waals surface area contributed by atoms with Crippen molar-refractivity contribution in [3.05, 3.63) is 21.6 Å². The fourth-order valence-corrected chi connectivity index (χ4v) is 2.81. The van der Waals surface area contributed by atoms with E-state index in [1.807, 2.05) is 0 Å². The summed E-state index contributed by atoms with van der Waals surface area (Å²) in [6, 6.07) is 0.462. The second-order valence-electron chi connectivity index (χ2n) is 5.74. The highest BCUT2D eigenvalue weighted by Gasteiger charge is 2.41. The summed E-state index contributed by atoms with van der Waals surface area (Å²) < 4.78 is 6.30. The Bertz CT molecular complexity index is 526. The van der Waals surface area contributed by atoms with Gasteiger partial charge in [-0.15, -0.1) is 0 Å². The molecule has 6 heteroatoms. The molecule has 0 radical (unpaired) electrons. The van der Waals surface area contributed by atoms with E-state index >= 15 is 0 Å². The van der Waals surface area contributed by atoms with Crippen molar-refractivity contribution in [3.63, 3.8) is 0 Å². The highest BCUT2D eigenvalue weighted by molar-refractivity contribution is 6.32. The average Bonchev–Trinajstić information content (AvgIpc) is 3.31. The van der Waals surface area contributed by atoms with Crippen LogP contribution in [0.25, 0.3) is 0 Å². The zero-order valence-corrected chi connectivity index (χ0v) is 12.4. The smallest absolute Gasteiger partial charge is 0.287 e. The molecular formula is C14H20ClN3O2. The molecule has 2 fully saturated rings. The summed E-state index contributed by atoms with van der Waals surface area (Å²) in [6.07, 6.45) is 6.79. The first kappa shape index (κ1) is 13.9. The minimum absolute atomic E-state index is 0.238. The van der Waals surface area contributed by atoms with Crippen LogP contribution >= 0.6 is 11.6 Å². The van der Waals surface area contributed by atoms with Gasteiger partial charge in [0, 0.05) is 13.2 Å². The van der Waals surface area contributed by atoms with E-state index in [1.54, 1.807) is 13.3 Å². The van der Waals surface area contributed by atoms with E-state index in [1.165, 1.54) is 30.4 Å². The minimum Gasteiger partial charge on any atom is -0.383 e. The number of nitrogens with zero attached hydrogens (tertiary/aromatic N) is 2. The van der Waals surface area contributed by atoms with Crippen molar-refractivity contribution < 1.29 is 4.74 Å². The molecule has 0 unspecified atom stereocenters. The second-order valence-corrected chi connectivity index (χ2v) is 6.12. The highest BCUT2D eigenvalue weighted by Crippen LogP contribution is 2.46. The number of hydrogen-bond donors (Lipinski definition) is 1. The number of rotatable bonds is 7. The van der Waals surface area contributed by atoms with Crippen molar-refractivity contribution in [1.82, 2.24) is 9.78 Å². The predicted molar refractivity (Wildman–Crippen MR) is 78.2 cm³/mol. The third-order valence-corrected chi connectivity index (χ3v) is 4.44. The van der Waals surface area contributed by atoms with Crippen LogP contribution in [0, 0.1) is 11.8 Å². The summed E-state index contributed by atoms with van der Waals surface area (Å²) in [5.74, 6) is 1.49. The van der Waals surface area contributed by atoms with Gasteiger partial charge in [-0.25, -0.2) is 4.68 Å². The van der Waals surface area contributed by atoms with Crippen molar-refractivity contribution in [2.75, 3.05) is 19.0 Å². The lowest BCUT2D eigenvalue weighted by atomic mass is 10.1. The molecule has 2 aliphatic carbocycles. The molecule has 0 aromatic carbocycles. The molecule has 0 atom stereocenters. The highest BCUT2D eigenvalue weighted by atomic mass is 35.5. The van der Waals surface area contributed by atoms with Gasteiger partial charge in [-0.1, -0.05) is 11.6 Å². The van der Waals surface area contributed by atoms with Gasteiger partial charge in [0.05, 0.1) is 25.0 Å². The van der Waals surface area contributed by atoms with Crippen molar-refractivity contribution >= 4 is 17.3 Å². The van der Waals surface area contributed by atoms with Crippen LogP contribution in [-0.4, -0.2) is 29.5 Å². The van der Waals surface area contributed by atoms with Crippen LogP contribution < -0.4 is 10.9 Å². The van der Waals surface area contributed by atoms with E-state index in [2.05, 4.69) is 10.4 Å². The van der Waals surface area contributed by atoms with Crippen molar-refractivity contribution in [3.8, 4) is 0 Å². The molecule has 0 aliphatic heterocycles.